The van der Waals surface area contributed by atoms with Gasteiger partial charge in [0.15, 0.2) is 0 Å². The first kappa shape index (κ1) is 18.1. The molecule has 2 N–H and O–H groups in total. The third-order valence-corrected chi connectivity index (χ3v) is 4.86. The third-order valence-electron chi connectivity index (χ3n) is 4.86. The second-order valence-electron chi connectivity index (χ2n) is 6.12. The molecule has 1 aromatic rings. The second-order valence-corrected chi connectivity index (χ2v) is 6.12. The predicted molar refractivity (Wildman–Crippen MR) is 87.7 cm³/mol. The van der Waals surface area contributed by atoms with E-state index in [1.165, 1.54) is 12.1 Å². The van der Waals surface area contributed by atoms with E-state index in [-0.39, 0.29) is 23.4 Å². The molecule has 0 amide bonds. The lowest BCUT2D eigenvalue weighted by Gasteiger charge is -2.39. The minimum atomic E-state index is -2.68. The fraction of sp³-hybridized carbons (Fsp3) is 0.389. The van der Waals surface area contributed by atoms with Crippen LogP contribution in [0.25, 0.3) is 0 Å². The summed E-state index contributed by atoms with van der Waals surface area (Å²) in [5, 5.41) is 22.9. The van der Waals surface area contributed by atoms with Gasteiger partial charge in [0.1, 0.15) is 11.3 Å². The van der Waals surface area contributed by atoms with Crippen molar-refractivity contribution in [3.63, 3.8) is 0 Å². The highest BCUT2D eigenvalue weighted by Gasteiger charge is 2.74. The summed E-state index contributed by atoms with van der Waals surface area (Å²) in [4.78, 5) is 39.0. The van der Waals surface area contributed by atoms with Crippen LogP contribution in [0.5, 0.6) is 0 Å². The zero-order chi connectivity index (χ0) is 19.3. The first-order valence-corrected chi connectivity index (χ1v) is 8.08. The van der Waals surface area contributed by atoms with E-state index < -0.39 is 34.6 Å². The maximum absolute atomic E-state index is 13.0. The molecule has 8 heteroatoms. The average molecular weight is 361 g/mol. The van der Waals surface area contributed by atoms with Crippen molar-refractivity contribution in [2.45, 2.75) is 24.7 Å². The Balaban J connectivity index is 2.40. The topological polar surface area (TPSA) is 113 Å². The van der Waals surface area contributed by atoms with Crippen LogP contribution in [0.15, 0.2) is 35.5 Å². The molecule has 0 bridgehead atoms. The third kappa shape index (κ3) is 1.88. The number of ether oxygens (including phenoxy) is 2. The van der Waals surface area contributed by atoms with E-state index in [2.05, 4.69) is 0 Å². The maximum atomic E-state index is 13.0. The number of Topliss-reactive ketones (excluding diaryl/α,β-unsaturated/α-hetero) is 1. The minimum absolute atomic E-state index is 0.0731. The van der Waals surface area contributed by atoms with E-state index in [9.17, 15) is 24.6 Å². The van der Waals surface area contributed by atoms with Gasteiger partial charge in [0.25, 0.3) is 0 Å². The molecule has 26 heavy (non-hydrogen) atoms. The molecule has 0 saturated heterocycles. The van der Waals surface area contributed by atoms with E-state index in [0.717, 1.165) is 19.1 Å². The summed E-state index contributed by atoms with van der Waals surface area (Å²) >= 11 is 0. The summed E-state index contributed by atoms with van der Waals surface area (Å²) in [5.74, 6) is -2.93. The molecule has 0 spiro atoms. The van der Waals surface area contributed by atoms with E-state index in [1.807, 2.05) is 0 Å². The minimum Gasteiger partial charge on any atom is -0.466 e. The monoisotopic (exact) mass is 361 g/mol. The standard InChI is InChI=1S/C18H19NO7/c1-4-9-19-13(16(22)26-3)12(15(21)25-2)17(23)14(20)10-7-5-6-8-11(10)18(17,19)24/h5-8,23-24H,4,9H2,1-3H3/t17-,18+/m0/s1. The van der Waals surface area contributed by atoms with Gasteiger partial charge in [0.05, 0.1) is 14.2 Å². The molecular weight excluding hydrogens is 342 g/mol. The largest absolute Gasteiger partial charge is 0.466 e. The first-order chi connectivity index (χ1) is 12.3. The molecule has 0 unspecified atom stereocenters. The molecule has 0 fully saturated rings. The molecule has 138 valence electrons. The number of carbonyl (C=O) groups is 3. The van der Waals surface area contributed by atoms with E-state index in [1.54, 1.807) is 19.1 Å². The molecule has 1 aliphatic carbocycles. The Morgan fingerprint density at radius 2 is 1.73 bits per heavy atom. The summed E-state index contributed by atoms with van der Waals surface area (Å²) in [5.41, 5.74) is -5.81. The fourth-order valence-corrected chi connectivity index (χ4v) is 3.78. The Morgan fingerprint density at radius 3 is 2.31 bits per heavy atom. The molecular formula is C18H19NO7. The van der Waals surface area contributed by atoms with Crippen LogP contribution < -0.4 is 0 Å². The van der Waals surface area contributed by atoms with Gasteiger partial charge in [-0.1, -0.05) is 31.2 Å². The van der Waals surface area contributed by atoms with Crippen LogP contribution in [0.1, 0.15) is 29.3 Å². The Bertz CT molecular complexity index is 846. The van der Waals surface area contributed by atoms with Crippen LogP contribution in [0.3, 0.4) is 0 Å². The number of ketones is 1. The van der Waals surface area contributed by atoms with Gasteiger partial charge in [0.2, 0.25) is 17.1 Å². The highest BCUT2D eigenvalue weighted by molar-refractivity contribution is 6.18. The summed E-state index contributed by atoms with van der Waals surface area (Å²) in [7, 11) is 2.16. The van der Waals surface area contributed by atoms with Gasteiger partial charge >= 0.3 is 11.9 Å². The number of nitrogens with zero attached hydrogens (tertiary/aromatic N) is 1. The van der Waals surface area contributed by atoms with Crippen LogP contribution in [-0.2, 0) is 24.8 Å². The summed E-state index contributed by atoms with van der Waals surface area (Å²) in [6.07, 6.45) is 0.462. The fourth-order valence-electron chi connectivity index (χ4n) is 3.78. The number of esters is 2. The van der Waals surface area contributed by atoms with Crippen molar-refractivity contribution in [2.24, 2.45) is 0 Å². The first-order valence-electron chi connectivity index (χ1n) is 8.08. The Labute approximate surface area is 149 Å². The van der Waals surface area contributed by atoms with Gasteiger partial charge in [0, 0.05) is 17.7 Å². The van der Waals surface area contributed by atoms with Crippen molar-refractivity contribution in [2.75, 3.05) is 20.8 Å². The van der Waals surface area contributed by atoms with Crippen LogP contribution in [0.2, 0.25) is 0 Å². The SMILES string of the molecule is CCCN1C(C(=O)OC)=C(C(=O)OC)[C@]2(O)C(=O)c3ccccc3[C@]12O. The van der Waals surface area contributed by atoms with Crippen molar-refractivity contribution in [3.8, 4) is 0 Å². The lowest BCUT2D eigenvalue weighted by Crippen LogP contribution is -2.58. The second kappa shape index (κ2) is 5.93. The number of carbonyl (C=O) groups excluding carboxylic acids is 3. The molecule has 3 rings (SSSR count). The van der Waals surface area contributed by atoms with Gasteiger partial charge in [-0.15, -0.1) is 0 Å². The van der Waals surface area contributed by atoms with Crippen molar-refractivity contribution < 1.29 is 34.1 Å². The van der Waals surface area contributed by atoms with Gasteiger partial charge in [-0.2, -0.15) is 0 Å². The molecule has 1 aromatic carbocycles. The number of aliphatic hydroxyl groups is 2. The molecule has 0 saturated carbocycles. The number of hydrogen-bond donors (Lipinski definition) is 2. The predicted octanol–water partition coefficient (Wildman–Crippen LogP) is 0.0848. The molecule has 1 aliphatic heterocycles. The van der Waals surface area contributed by atoms with E-state index >= 15 is 0 Å². The zero-order valence-corrected chi connectivity index (χ0v) is 14.6. The number of benzene rings is 1. The summed E-state index contributed by atoms with van der Waals surface area (Å²) in [6.45, 7) is 1.88. The molecule has 0 aromatic heterocycles. The number of fused-ring (bicyclic) bond motifs is 3. The maximum Gasteiger partial charge on any atom is 0.355 e. The van der Waals surface area contributed by atoms with Gasteiger partial charge in [-0.05, 0) is 6.42 Å². The quantitative estimate of drug-likeness (QED) is 0.725. The smallest absolute Gasteiger partial charge is 0.355 e. The van der Waals surface area contributed by atoms with Crippen molar-refractivity contribution in [1.82, 2.24) is 4.90 Å². The van der Waals surface area contributed by atoms with Crippen molar-refractivity contribution in [3.05, 3.63) is 46.7 Å². The average Bonchev–Trinajstić information content (AvgIpc) is 2.96. The highest BCUT2D eigenvalue weighted by Crippen LogP contribution is 2.56. The Morgan fingerprint density at radius 1 is 1.12 bits per heavy atom. The normalized spacial score (nSPS) is 26.7. The lowest BCUT2D eigenvalue weighted by atomic mass is 9.85. The van der Waals surface area contributed by atoms with Crippen LogP contribution in [0.4, 0.5) is 0 Å². The molecule has 1 heterocycles. The van der Waals surface area contributed by atoms with Gasteiger partial charge in [-0.3, -0.25) is 4.79 Å². The van der Waals surface area contributed by atoms with Crippen LogP contribution in [0, 0.1) is 0 Å². The van der Waals surface area contributed by atoms with Crippen LogP contribution in [-0.4, -0.2) is 59.2 Å². The lowest BCUT2D eigenvalue weighted by molar-refractivity contribution is -0.178. The molecule has 2 atom stereocenters. The number of hydrogen-bond acceptors (Lipinski definition) is 8. The summed E-state index contributed by atoms with van der Waals surface area (Å²) < 4.78 is 9.43. The number of rotatable bonds is 4. The zero-order valence-electron chi connectivity index (χ0n) is 14.6. The Kier molecular flexibility index (Phi) is 4.12. The van der Waals surface area contributed by atoms with Gasteiger partial charge < -0.3 is 24.6 Å². The van der Waals surface area contributed by atoms with E-state index in [0.29, 0.717) is 6.42 Å². The van der Waals surface area contributed by atoms with Crippen molar-refractivity contribution >= 4 is 17.7 Å². The Hall–Kier alpha value is -2.71. The highest BCUT2D eigenvalue weighted by atomic mass is 16.5. The molecule has 0 radical (unpaired) electrons. The van der Waals surface area contributed by atoms with Crippen LogP contribution >= 0.6 is 0 Å². The summed E-state index contributed by atoms with van der Waals surface area (Å²) in [6, 6.07) is 6.09. The van der Waals surface area contributed by atoms with E-state index in [4.69, 9.17) is 9.47 Å². The number of methoxy groups -OCH3 is 2. The van der Waals surface area contributed by atoms with Gasteiger partial charge in [-0.25, -0.2) is 9.59 Å². The van der Waals surface area contributed by atoms with Crippen molar-refractivity contribution in [1.29, 1.82) is 0 Å². The molecule has 8 nitrogen and oxygen atoms in total. The molecule has 2 aliphatic rings.